The van der Waals surface area contributed by atoms with Crippen molar-refractivity contribution >= 4 is 27.4 Å². The van der Waals surface area contributed by atoms with Crippen molar-refractivity contribution in [3.63, 3.8) is 0 Å². The SMILES string of the molecule is COc1ccc(C(=O)C2Oc3ccc(Br)cc3C3CC(c4ccc(C)cc4)=NN23)cc1. The Morgan fingerprint density at radius 1 is 1.10 bits per heavy atom. The minimum absolute atomic E-state index is 0.0650. The number of ketones is 1. The van der Waals surface area contributed by atoms with Crippen LogP contribution in [0.2, 0.25) is 0 Å². The van der Waals surface area contributed by atoms with Crippen molar-refractivity contribution in [2.45, 2.75) is 25.6 Å². The third-order valence-electron chi connectivity index (χ3n) is 5.74. The number of aryl methyl sites for hydroxylation is 1. The van der Waals surface area contributed by atoms with Crippen LogP contribution in [0.5, 0.6) is 11.5 Å². The van der Waals surface area contributed by atoms with Gasteiger partial charge in [0.15, 0.2) is 0 Å². The van der Waals surface area contributed by atoms with E-state index in [0.29, 0.717) is 17.7 Å². The summed E-state index contributed by atoms with van der Waals surface area (Å²) in [5.41, 5.74) is 4.80. The van der Waals surface area contributed by atoms with Crippen molar-refractivity contribution in [3.8, 4) is 11.5 Å². The van der Waals surface area contributed by atoms with Crippen LogP contribution in [-0.2, 0) is 0 Å². The molecule has 0 radical (unpaired) electrons. The largest absolute Gasteiger partial charge is 0.497 e. The third-order valence-corrected chi connectivity index (χ3v) is 6.23. The van der Waals surface area contributed by atoms with Gasteiger partial charge >= 0.3 is 0 Å². The van der Waals surface area contributed by atoms with Gasteiger partial charge in [-0.2, -0.15) is 5.10 Å². The molecule has 156 valence electrons. The Morgan fingerprint density at radius 3 is 2.55 bits per heavy atom. The highest BCUT2D eigenvalue weighted by Crippen LogP contribution is 2.44. The summed E-state index contributed by atoms with van der Waals surface area (Å²) < 4.78 is 12.4. The maximum Gasteiger partial charge on any atom is 0.251 e. The van der Waals surface area contributed by atoms with E-state index < -0.39 is 6.23 Å². The van der Waals surface area contributed by atoms with Gasteiger partial charge in [0, 0.05) is 22.0 Å². The zero-order chi connectivity index (χ0) is 21.5. The first-order valence-corrected chi connectivity index (χ1v) is 10.9. The summed E-state index contributed by atoms with van der Waals surface area (Å²) in [5, 5.41) is 6.68. The number of Topliss-reactive ketones (excluding diaryl/α,β-unsaturated/α-hetero) is 1. The fraction of sp³-hybridized carbons (Fsp3) is 0.200. The number of fused-ring (bicyclic) bond motifs is 3. The van der Waals surface area contributed by atoms with Gasteiger partial charge in [-0.15, -0.1) is 0 Å². The van der Waals surface area contributed by atoms with E-state index in [2.05, 4.69) is 53.2 Å². The zero-order valence-electron chi connectivity index (χ0n) is 17.2. The van der Waals surface area contributed by atoms with Gasteiger partial charge in [-0.25, -0.2) is 5.01 Å². The highest BCUT2D eigenvalue weighted by atomic mass is 79.9. The number of hydrogen-bond acceptors (Lipinski definition) is 5. The summed E-state index contributed by atoms with van der Waals surface area (Å²) in [5.74, 6) is 1.29. The molecule has 2 atom stereocenters. The molecule has 3 aromatic rings. The molecular formula is C25H21BrN2O3. The minimum atomic E-state index is -0.824. The summed E-state index contributed by atoms with van der Waals surface area (Å²) in [6.45, 7) is 2.06. The fourth-order valence-electron chi connectivity index (χ4n) is 4.05. The predicted octanol–water partition coefficient (Wildman–Crippen LogP) is 5.52. The molecule has 0 amide bonds. The van der Waals surface area contributed by atoms with E-state index >= 15 is 0 Å². The average Bonchev–Trinajstić information content (AvgIpc) is 3.24. The first-order chi connectivity index (χ1) is 15.0. The molecule has 5 nitrogen and oxygen atoms in total. The maximum atomic E-state index is 13.4. The van der Waals surface area contributed by atoms with Crippen molar-refractivity contribution in [3.05, 3.63) is 93.5 Å². The van der Waals surface area contributed by atoms with Gasteiger partial charge in [-0.1, -0.05) is 45.8 Å². The number of hydrogen-bond donors (Lipinski definition) is 0. The lowest BCUT2D eigenvalue weighted by atomic mass is 9.95. The monoisotopic (exact) mass is 476 g/mol. The first kappa shape index (κ1) is 19.8. The molecule has 0 fully saturated rings. The number of carbonyl (C=O) groups excluding carboxylic acids is 1. The molecule has 0 saturated heterocycles. The van der Waals surface area contributed by atoms with Crippen LogP contribution >= 0.6 is 15.9 Å². The molecule has 5 rings (SSSR count). The summed E-state index contributed by atoms with van der Waals surface area (Å²) in [7, 11) is 1.60. The Bertz CT molecular complexity index is 1170. The molecule has 0 bridgehead atoms. The Balaban J connectivity index is 1.55. The van der Waals surface area contributed by atoms with Crippen molar-refractivity contribution in [1.29, 1.82) is 0 Å². The van der Waals surface area contributed by atoms with Gasteiger partial charge in [-0.3, -0.25) is 4.79 Å². The van der Waals surface area contributed by atoms with Crippen LogP contribution in [0.15, 0.2) is 76.3 Å². The van der Waals surface area contributed by atoms with E-state index in [4.69, 9.17) is 14.6 Å². The van der Waals surface area contributed by atoms with Crippen LogP contribution in [0.4, 0.5) is 0 Å². The predicted molar refractivity (Wildman–Crippen MR) is 123 cm³/mol. The Kier molecular flexibility index (Phi) is 5.02. The van der Waals surface area contributed by atoms with E-state index in [1.807, 2.05) is 17.1 Å². The van der Waals surface area contributed by atoms with Gasteiger partial charge < -0.3 is 9.47 Å². The Morgan fingerprint density at radius 2 is 1.84 bits per heavy atom. The van der Waals surface area contributed by atoms with Crippen LogP contribution in [0, 0.1) is 6.92 Å². The van der Waals surface area contributed by atoms with Crippen molar-refractivity contribution in [2.24, 2.45) is 5.10 Å². The molecule has 6 heteroatoms. The fourth-order valence-corrected chi connectivity index (χ4v) is 4.43. The number of methoxy groups -OCH3 is 1. The van der Waals surface area contributed by atoms with Crippen LogP contribution in [0.25, 0.3) is 0 Å². The third kappa shape index (κ3) is 3.61. The van der Waals surface area contributed by atoms with E-state index in [9.17, 15) is 4.79 Å². The van der Waals surface area contributed by atoms with Gasteiger partial charge in [0.05, 0.1) is 18.9 Å². The van der Waals surface area contributed by atoms with E-state index in [-0.39, 0.29) is 11.8 Å². The molecule has 31 heavy (non-hydrogen) atoms. The molecule has 2 heterocycles. The van der Waals surface area contributed by atoms with Crippen LogP contribution in [0.3, 0.4) is 0 Å². The van der Waals surface area contributed by atoms with E-state index in [1.54, 1.807) is 31.4 Å². The summed E-state index contributed by atoms with van der Waals surface area (Å²) in [6, 6.07) is 21.2. The second-order valence-electron chi connectivity index (χ2n) is 7.76. The van der Waals surface area contributed by atoms with E-state index in [1.165, 1.54) is 5.56 Å². The lowest BCUT2D eigenvalue weighted by molar-refractivity contribution is -0.00459. The number of halogens is 1. The van der Waals surface area contributed by atoms with Crippen LogP contribution < -0.4 is 9.47 Å². The molecule has 0 spiro atoms. The van der Waals surface area contributed by atoms with E-state index in [0.717, 1.165) is 27.1 Å². The number of hydrazone groups is 1. The smallest absolute Gasteiger partial charge is 0.251 e. The normalized spacial score (nSPS) is 19.2. The number of carbonyl (C=O) groups is 1. The molecule has 2 aliphatic heterocycles. The molecule has 0 aliphatic carbocycles. The second-order valence-corrected chi connectivity index (χ2v) is 8.67. The summed E-state index contributed by atoms with van der Waals surface area (Å²) in [4.78, 5) is 13.4. The molecule has 2 unspecified atom stereocenters. The van der Waals surface area contributed by atoms with Crippen LogP contribution in [-0.4, -0.2) is 29.8 Å². The molecule has 2 aliphatic rings. The van der Waals surface area contributed by atoms with Gasteiger partial charge in [0.1, 0.15) is 11.5 Å². The molecule has 0 N–H and O–H groups in total. The molecular weight excluding hydrogens is 456 g/mol. The van der Waals surface area contributed by atoms with Crippen molar-refractivity contribution in [2.75, 3.05) is 7.11 Å². The van der Waals surface area contributed by atoms with Crippen molar-refractivity contribution < 1.29 is 14.3 Å². The highest BCUT2D eigenvalue weighted by molar-refractivity contribution is 9.10. The van der Waals surface area contributed by atoms with Gasteiger partial charge in [0.2, 0.25) is 5.78 Å². The first-order valence-electron chi connectivity index (χ1n) is 10.1. The minimum Gasteiger partial charge on any atom is -0.497 e. The van der Waals surface area contributed by atoms with Crippen LogP contribution in [0.1, 0.15) is 39.5 Å². The number of rotatable bonds is 4. The van der Waals surface area contributed by atoms with Crippen molar-refractivity contribution in [1.82, 2.24) is 5.01 Å². The second kappa shape index (κ2) is 7.85. The lowest BCUT2D eigenvalue weighted by Crippen LogP contribution is -2.45. The molecule has 0 aromatic heterocycles. The lowest BCUT2D eigenvalue weighted by Gasteiger charge is -2.37. The topological polar surface area (TPSA) is 51.1 Å². The standard InChI is InChI=1S/C25H21BrN2O3/c1-15-3-5-16(6-4-15)21-14-22-20-13-18(26)9-12-23(20)31-25(28(22)27-21)24(29)17-7-10-19(30-2)11-8-17/h3-13,22,25H,14H2,1-2H3. The number of nitrogens with zero attached hydrogens (tertiary/aromatic N) is 2. The number of benzene rings is 3. The van der Waals surface area contributed by atoms with Gasteiger partial charge in [0.25, 0.3) is 6.23 Å². The summed E-state index contributed by atoms with van der Waals surface area (Å²) >= 11 is 3.56. The quantitative estimate of drug-likeness (QED) is 0.465. The number of ether oxygens (including phenoxy) is 2. The highest BCUT2D eigenvalue weighted by Gasteiger charge is 2.43. The zero-order valence-corrected chi connectivity index (χ0v) is 18.8. The van der Waals surface area contributed by atoms with Gasteiger partial charge in [-0.05, 0) is 55.0 Å². The Hall–Kier alpha value is -3.12. The molecule has 3 aromatic carbocycles. The maximum absolute atomic E-state index is 13.4. The Labute approximate surface area is 189 Å². The molecule has 0 saturated carbocycles. The average molecular weight is 477 g/mol. The summed E-state index contributed by atoms with van der Waals surface area (Å²) in [6.07, 6.45) is -0.113.